The van der Waals surface area contributed by atoms with Crippen LogP contribution in [0.1, 0.15) is 6.42 Å². The molecule has 1 amide bonds. The van der Waals surface area contributed by atoms with E-state index in [1.54, 1.807) is 11.3 Å². The molecule has 6 heteroatoms. The summed E-state index contributed by atoms with van der Waals surface area (Å²) in [6.07, 6.45) is 0.572. The van der Waals surface area contributed by atoms with Gasteiger partial charge in [-0.15, -0.1) is 12.4 Å². The molecule has 0 aliphatic carbocycles. The van der Waals surface area contributed by atoms with Gasteiger partial charge in [0.1, 0.15) is 0 Å². The third-order valence-electron chi connectivity index (χ3n) is 2.24. The number of nitrogens with one attached hydrogen (secondary N) is 2. The topological polar surface area (TPSA) is 41.1 Å². The van der Waals surface area contributed by atoms with Crippen LogP contribution in [-0.2, 0) is 4.79 Å². The van der Waals surface area contributed by atoms with Gasteiger partial charge in [-0.2, -0.15) is 23.1 Å². The Kier molecular flexibility index (Phi) is 6.20. The molecule has 1 aliphatic rings. The molecule has 1 aromatic rings. The highest BCUT2D eigenvalue weighted by atomic mass is 35.5. The normalized spacial score (nSPS) is 19.9. The van der Waals surface area contributed by atoms with Crippen molar-refractivity contribution in [3.05, 3.63) is 16.8 Å². The van der Waals surface area contributed by atoms with E-state index < -0.39 is 0 Å². The minimum absolute atomic E-state index is 0. The zero-order chi connectivity index (χ0) is 10.5. The van der Waals surface area contributed by atoms with Crippen LogP contribution in [0.2, 0.25) is 0 Å². The van der Waals surface area contributed by atoms with E-state index in [9.17, 15) is 4.79 Å². The Morgan fingerprint density at radius 1 is 1.62 bits per heavy atom. The highest BCUT2D eigenvalue weighted by Gasteiger charge is 2.16. The Morgan fingerprint density at radius 2 is 2.50 bits per heavy atom. The second-order valence-electron chi connectivity index (χ2n) is 3.49. The molecule has 0 bridgehead atoms. The van der Waals surface area contributed by atoms with Crippen molar-refractivity contribution in [2.75, 3.05) is 23.4 Å². The molecule has 0 spiro atoms. The van der Waals surface area contributed by atoms with E-state index in [-0.39, 0.29) is 18.3 Å². The smallest absolute Gasteiger partial charge is 0.225 e. The number of thioether (sulfide) groups is 1. The minimum Gasteiger partial charge on any atom is -0.325 e. The van der Waals surface area contributed by atoms with Gasteiger partial charge in [-0.05, 0) is 11.4 Å². The molecule has 1 atom stereocenters. The van der Waals surface area contributed by atoms with Gasteiger partial charge >= 0.3 is 0 Å². The van der Waals surface area contributed by atoms with Crippen LogP contribution < -0.4 is 10.6 Å². The van der Waals surface area contributed by atoms with E-state index in [2.05, 4.69) is 10.6 Å². The molecule has 0 saturated carbocycles. The summed E-state index contributed by atoms with van der Waals surface area (Å²) in [4.78, 5) is 11.6. The molecule has 2 N–H and O–H groups in total. The highest BCUT2D eigenvalue weighted by molar-refractivity contribution is 7.99. The Labute approximate surface area is 110 Å². The lowest BCUT2D eigenvalue weighted by Crippen LogP contribution is -2.39. The average molecular weight is 279 g/mol. The maximum Gasteiger partial charge on any atom is 0.225 e. The van der Waals surface area contributed by atoms with Gasteiger partial charge < -0.3 is 10.6 Å². The fourth-order valence-electron chi connectivity index (χ4n) is 1.52. The lowest BCUT2D eigenvalue weighted by molar-refractivity contribution is -0.116. The number of halogens is 1. The van der Waals surface area contributed by atoms with Crippen LogP contribution in [0.3, 0.4) is 0 Å². The molecular weight excluding hydrogens is 264 g/mol. The third kappa shape index (κ3) is 4.33. The quantitative estimate of drug-likeness (QED) is 0.891. The van der Waals surface area contributed by atoms with Crippen LogP contribution in [0.4, 0.5) is 5.69 Å². The van der Waals surface area contributed by atoms with E-state index >= 15 is 0 Å². The first kappa shape index (κ1) is 13.8. The van der Waals surface area contributed by atoms with Crippen LogP contribution in [0, 0.1) is 0 Å². The van der Waals surface area contributed by atoms with Gasteiger partial charge in [0.15, 0.2) is 0 Å². The number of rotatable bonds is 3. The number of anilines is 1. The lowest BCUT2D eigenvalue weighted by Gasteiger charge is -2.22. The molecule has 2 rings (SSSR count). The predicted octanol–water partition coefficient (Wildman–Crippen LogP) is 2.20. The molecular formula is C10H15ClN2OS2. The fraction of sp³-hybridized carbons (Fsp3) is 0.500. The average Bonchev–Trinajstić information content (AvgIpc) is 2.71. The summed E-state index contributed by atoms with van der Waals surface area (Å²) >= 11 is 3.51. The van der Waals surface area contributed by atoms with Crippen molar-refractivity contribution in [3.8, 4) is 0 Å². The van der Waals surface area contributed by atoms with Crippen molar-refractivity contribution in [1.82, 2.24) is 5.32 Å². The van der Waals surface area contributed by atoms with Crippen LogP contribution in [-0.4, -0.2) is 30.0 Å². The Bertz CT molecular complexity index is 313. The highest BCUT2D eigenvalue weighted by Crippen LogP contribution is 2.14. The Hall–Kier alpha value is -0.230. The van der Waals surface area contributed by atoms with Gasteiger partial charge in [0.05, 0.1) is 5.69 Å². The molecule has 16 heavy (non-hydrogen) atoms. The molecule has 1 saturated heterocycles. The number of carbonyl (C=O) groups excluding carboxylic acids is 1. The van der Waals surface area contributed by atoms with Gasteiger partial charge in [0.25, 0.3) is 0 Å². The van der Waals surface area contributed by atoms with Gasteiger partial charge in [-0.3, -0.25) is 4.79 Å². The van der Waals surface area contributed by atoms with Gasteiger partial charge in [-0.1, -0.05) is 0 Å². The molecule has 0 radical (unpaired) electrons. The molecule has 3 nitrogen and oxygen atoms in total. The minimum atomic E-state index is 0. The van der Waals surface area contributed by atoms with Crippen molar-refractivity contribution < 1.29 is 4.79 Å². The van der Waals surface area contributed by atoms with Crippen molar-refractivity contribution in [2.24, 2.45) is 0 Å². The molecule has 2 heterocycles. The summed E-state index contributed by atoms with van der Waals surface area (Å²) in [6, 6.07) is 2.26. The van der Waals surface area contributed by atoms with E-state index in [0.29, 0.717) is 12.5 Å². The first-order chi connectivity index (χ1) is 7.34. The zero-order valence-electron chi connectivity index (χ0n) is 8.77. The number of carbonyl (C=O) groups is 1. The SMILES string of the molecule is Cl.O=C(CC1CSCCN1)Nc1ccsc1. The number of amides is 1. The predicted molar refractivity (Wildman–Crippen MR) is 73.9 cm³/mol. The van der Waals surface area contributed by atoms with E-state index in [1.165, 1.54) is 0 Å². The number of hydrogen-bond donors (Lipinski definition) is 2. The first-order valence-electron chi connectivity index (χ1n) is 4.98. The standard InChI is InChI=1S/C10H14N2OS2.ClH/c13-10(12-8-1-3-14-6-8)5-9-7-15-4-2-11-9;/h1,3,6,9,11H,2,4-5,7H2,(H,12,13);1H. The van der Waals surface area contributed by atoms with Crippen LogP contribution in [0.15, 0.2) is 16.8 Å². The first-order valence-corrected chi connectivity index (χ1v) is 7.07. The summed E-state index contributed by atoms with van der Waals surface area (Å²) in [5, 5.41) is 10.1. The van der Waals surface area contributed by atoms with Crippen molar-refractivity contribution in [1.29, 1.82) is 0 Å². The summed E-state index contributed by atoms with van der Waals surface area (Å²) in [5.41, 5.74) is 0.911. The summed E-state index contributed by atoms with van der Waals surface area (Å²) < 4.78 is 0. The molecule has 1 unspecified atom stereocenters. The summed E-state index contributed by atoms with van der Waals surface area (Å²) in [6.45, 7) is 1.01. The summed E-state index contributed by atoms with van der Waals surface area (Å²) in [5.74, 6) is 2.30. The largest absolute Gasteiger partial charge is 0.325 e. The monoisotopic (exact) mass is 278 g/mol. The van der Waals surface area contributed by atoms with Crippen molar-refractivity contribution >= 4 is 47.1 Å². The van der Waals surface area contributed by atoms with Gasteiger partial charge in [0.2, 0.25) is 5.91 Å². The maximum absolute atomic E-state index is 11.6. The van der Waals surface area contributed by atoms with Gasteiger partial charge in [-0.25, -0.2) is 0 Å². The molecule has 90 valence electrons. The van der Waals surface area contributed by atoms with E-state index in [1.807, 2.05) is 28.6 Å². The lowest BCUT2D eigenvalue weighted by atomic mass is 10.2. The Morgan fingerprint density at radius 3 is 3.12 bits per heavy atom. The second-order valence-corrected chi connectivity index (χ2v) is 5.42. The molecule has 1 aliphatic heterocycles. The second kappa shape index (κ2) is 7.17. The maximum atomic E-state index is 11.6. The zero-order valence-corrected chi connectivity index (χ0v) is 11.2. The van der Waals surface area contributed by atoms with Crippen molar-refractivity contribution in [2.45, 2.75) is 12.5 Å². The van der Waals surface area contributed by atoms with Gasteiger partial charge in [0, 0.05) is 35.9 Å². The third-order valence-corrected chi connectivity index (χ3v) is 4.05. The van der Waals surface area contributed by atoms with E-state index in [4.69, 9.17) is 0 Å². The Balaban J connectivity index is 0.00000128. The summed E-state index contributed by atoms with van der Waals surface area (Å²) in [7, 11) is 0. The molecule has 0 aromatic carbocycles. The molecule has 1 aromatic heterocycles. The van der Waals surface area contributed by atoms with Crippen molar-refractivity contribution in [3.63, 3.8) is 0 Å². The fourth-order valence-corrected chi connectivity index (χ4v) is 3.06. The van der Waals surface area contributed by atoms with Crippen LogP contribution >= 0.6 is 35.5 Å². The van der Waals surface area contributed by atoms with Crippen LogP contribution in [0.5, 0.6) is 0 Å². The van der Waals surface area contributed by atoms with Crippen LogP contribution in [0.25, 0.3) is 0 Å². The molecule has 1 fully saturated rings. The number of thiophene rings is 1. The van der Waals surface area contributed by atoms with E-state index in [0.717, 1.165) is 23.7 Å². The number of hydrogen-bond acceptors (Lipinski definition) is 4.